The van der Waals surface area contributed by atoms with Crippen LogP contribution in [0.4, 0.5) is 19.0 Å². The Bertz CT molecular complexity index is 697. The fourth-order valence-corrected chi connectivity index (χ4v) is 2.67. The predicted octanol–water partition coefficient (Wildman–Crippen LogP) is 2.64. The highest BCUT2D eigenvalue weighted by Crippen LogP contribution is 2.31. The summed E-state index contributed by atoms with van der Waals surface area (Å²) in [6, 6.07) is 1.54. The molecule has 0 aliphatic rings. The summed E-state index contributed by atoms with van der Waals surface area (Å²) in [5, 5.41) is 12.2. The lowest BCUT2D eigenvalue weighted by Gasteiger charge is -2.13. The smallest absolute Gasteiger partial charge is 0.360 e. The van der Waals surface area contributed by atoms with Gasteiger partial charge in [0, 0.05) is 13.1 Å². The predicted molar refractivity (Wildman–Crippen MR) is 75.8 cm³/mol. The number of halogens is 3. The van der Waals surface area contributed by atoms with Crippen LogP contribution in [0.2, 0.25) is 0 Å². The van der Waals surface area contributed by atoms with E-state index in [2.05, 4.69) is 20.7 Å². The van der Waals surface area contributed by atoms with Gasteiger partial charge >= 0.3 is 6.18 Å². The van der Waals surface area contributed by atoms with Gasteiger partial charge in [0.25, 0.3) is 0 Å². The molecule has 0 saturated heterocycles. The van der Waals surface area contributed by atoms with E-state index in [1.54, 1.807) is 19.9 Å². The molecule has 0 unspecified atom stereocenters. The van der Waals surface area contributed by atoms with Crippen LogP contribution in [0.15, 0.2) is 15.7 Å². The summed E-state index contributed by atoms with van der Waals surface area (Å²) in [4.78, 5) is 12.2. The molecule has 0 radical (unpaired) electrons. The van der Waals surface area contributed by atoms with E-state index in [1.807, 2.05) is 0 Å². The summed E-state index contributed by atoms with van der Waals surface area (Å²) < 4.78 is 43.8. The third-order valence-electron chi connectivity index (χ3n) is 2.88. The first-order valence-corrected chi connectivity index (χ1v) is 7.47. The number of anilines is 1. The molecule has 2 rings (SSSR count). The minimum atomic E-state index is -4.59. The summed E-state index contributed by atoms with van der Waals surface area (Å²) in [6.45, 7) is 3.42. The number of rotatable bonds is 5. The summed E-state index contributed by atoms with van der Waals surface area (Å²) in [5.74, 6) is -0.727. The number of hydrogen-bond acceptors (Lipinski definition) is 6. The van der Waals surface area contributed by atoms with E-state index in [9.17, 15) is 18.0 Å². The van der Waals surface area contributed by atoms with Gasteiger partial charge in [0.15, 0.2) is 11.0 Å². The fourth-order valence-electron chi connectivity index (χ4n) is 1.75. The lowest BCUT2D eigenvalue weighted by atomic mass is 10.3. The van der Waals surface area contributed by atoms with Crippen LogP contribution in [-0.4, -0.2) is 31.1 Å². The molecule has 1 N–H and O–H groups in total. The number of amides is 1. The molecule has 7 nitrogen and oxygen atoms in total. The normalized spacial score (nSPS) is 13.1. The summed E-state index contributed by atoms with van der Waals surface area (Å²) in [7, 11) is 1.21. The van der Waals surface area contributed by atoms with Gasteiger partial charge in [-0.3, -0.25) is 4.79 Å². The monoisotopic (exact) mass is 349 g/mol. The average Bonchev–Trinajstić information content (AvgIpc) is 3.01. The number of aryl methyl sites for hydroxylation is 1. The second kappa shape index (κ2) is 6.60. The third kappa shape index (κ3) is 4.03. The number of nitrogens with zero attached hydrogens (tertiary/aromatic N) is 4. The second-order valence-electron chi connectivity index (χ2n) is 4.69. The van der Waals surface area contributed by atoms with Crippen LogP contribution < -0.4 is 5.32 Å². The SMILES string of the molecule is CC[C@@H](Sc1nnc(C(F)(F)F)n1C)C(=O)Nc1cc(C)on1. The number of hydrogen-bond donors (Lipinski definition) is 1. The number of thioether (sulfide) groups is 1. The first-order chi connectivity index (χ1) is 10.7. The molecular formula is C12H14F3N5O2S. The average molecular weight is 349 g/mol. The standard InChI is InChI=1S/C12H14F3N5O2S/c1-4-7(9(21)16-8-5-6(2)22-19-8)23-11-18-17-10(20(11)3)12(13,14)15/h5,7H,4H2,1-3H3,(H,16,19,21)/t7-/m1/s1. The Morgan fingerprint density at radius 1 is 1.48 bits per heavy atom. The molecule has 11 heteroatoms. The van der Waals surface area contributed by atoms with Crippen molar-refractivity contribution in [3.63, 3.8) is 0 Å². The van der Waals surface area contributed by atoms with Crippen molar-refractivity contribution in [1.29, 1.82) is 0 Å². The highest BCUT2D eigenvalue weighted by atomic mass is 32.2. The Labute approximate surface area is 133 Å². The van der Waals surface area contributed by atoms with Crippen molar-refractivity contribution in [3.8, 4) is 0 Å². The number of carbonyl (C=O) groups is 1. The van der Waals surface area contributed by atoms with E-state index in [4.69, 9.17) is 4.52 Å². The Balaban J connectivity index is 2.10. The van der Waals surface area contributed by atoms with Gasteiger partial charge < -0.3 is 14.4 Å². The van der Waals surface area contributed by atoms with Crippen LogP contribution in [0.5, 0.6) is 0 Å². The molecule has 23 heavy (non-hydrogen) atoms. The maximum Gasteiger partial charge on any atom is 0.451 e. The third-order valence-corrected chi connectivity index (χ3v) is 4.28. The lowest BCUT2D eigenvalue weighted by Crippen LogP contribution is -2.25. The van der Waals surface area contributed by atoms with Gasteiger partial charge in [0.2, 0.25) is 11.7 Å². The topological polar surface area (TPSA) is 85.8 Å². The zero-order valence-corrected chi connectivity index (χ0v) is 13.3. The van der Waals surface area contributed by atoms with Crippen molar-refractivity contribution in [1.82, 2.24) is 19.9 Å². The van der Waals surface area contributed by atoms with Gasteiger partial charge in [-0.25, -0.2) is 0 Å². The van der Waals surface area contributed by atoms with Gasteiger partial charge in [-0.15, -0.1) is 10.2 Å². The molecule has 0 aliphatic carbocycles. The van der Waals surface area contributed by atoms with Crippen LogP contribution in [0.25, 0.3) is 0 Å². The van der Waals surface area contributed by atoms with Gasteiger partial charge in [-0.2, -0.15) is 13.2 Å². The van der Waals surface area contributed by atoms with E-state index in [-0.39, 0.29) is 11.0 Å². The van der Waals surface area contributed by atoms with Crippen molar-refractivity contribution < 1.29 is 22.5 Å². The molecule has 1 amide bonds. The minimum Gasteiger partial charge on any atom is -0.360 e. The van der Waals surface area contributed by atoms with E-state index >= 15 is 0 Å². The lowest BCUT2D eigenvalue weighted by molar-refractivity contribution is -0.147. The van der Waals surface area contributed by atoms with Gasteiger partial charge in [-0.05, 0) is 13.3 Å². The molecule has 2 aromatic rings. The first kappa shape index (κ1) is 17.3. The van der Waals surface area contributed by atoms with Crippen LogP contribution in [0, 0.1) is 6.92 Å². The Hall–Kier alpha value is -2.04. The second-order valence-corrected chi connectivity index (χ2v) is 5.86. The van der Waals surface area contributed by atoms with Crippen LogP contribution in [0.3, 0.4) is 0 Å². The van der Waals surface area contributed by atoms with E-state index < -0.39 is 23.2 Å². The molecule has 0 aromatic carbocycles. The Morgan fingerprint density at radius 3 is 2.65 bits per heavy atom. The molecule has 0 fully saturated rings. The molecule has 0 spiro atoms. The number of nitrogens with one attached hydrogen (secondary N) is 1. The molecule has 0 saturated carbocycles. The van der Waals surface area contributed by atoms with Gasteiger partial charge in [0.1, 0.15) is 5.76 Å². The van der Waals surface area contributed by atoms with Gasteiger partial charge in [0.05, 0.1) is 5.25 Å². The molecule has 2 heterocycles. The van der Waals surface area contributed by atoms with Crippen molar-refractivity contribution in [2.75, 3.05) is 5.32 Å². The Kier molecular flexibility index (Phi) is 4.97. The Morgan fingerprint density at radius 2 is 2.17 bits per heavy atom. The van der Waals surface area contributed by atoms with E-state index in [0.29, 0.717) is 12.2 Å². The zero-order chi connectivity index (χ0) is 17.2. The minimum absolute atomic E-state index is 0.00987. The molecule has 0 bridgehead atoms. The van der Waals surface area contributed by atoms with E-state index in [1.165, 1.54) is 7.05 Å². The number of aromatic nitrogens is 4. The highest BCUT2D eigenvalue weighted by Gasteiger charge is 2.38. The summed E-state index contributed by atoms with van der Waals surface area (Å²) in [6.07, 6.45) is -4.20. The zero-order valence-electron chi connectivity index (χ0n) is 12.5. The maximum absolute atomic E-state index is 12.7. The largest absolute Gasteiger partial charge is 0.451 e. The number of carbonyl (C=O) groups excluding carboxylic acids is 1. The van der Waals surface area contributed by atoms with Crippen LogP contribution in [0.1, 0.15) is 24.9 Å². The molecule has 1 atom stereocenters. The summed E-state index contributed by atoms with van der Waals surface area (Å²) in [5.41, 5.74) is 0. The highest BCUT2D eigenvalue weighted by molar-refractivity contribution is 8.00. The van der Waals surface area contributed by atoms with Crippen molar-refractivity contribution >= 4 is 23.5 Å². The molecule has 0 aliphatic heterocycles. The van der Waals surface area contributed by atoms with Crippen LogP contribution >= 0.6 is 11.8 Å². The quantitative estimate of drug-likeness (QED) is 0.835. The first-order valence-electron chi connectivity index (χ1n) is 6.59. The molecule has 2 aromatic heterocycles. The fraction of sp³-hybridized carbons (Fsp3) is 0.500. The molecule has 126 valence electrons. The molecular weight excluding hydrogens is 335 g/mol. The maximum atomic E-state index is 12.7. The van der Waals surface area contributed by atoms with Crippen molar-refractivity contribution in [2.45, 2.75) is 36.9 Å². The summed E-state index contributed by atoms with van der Waals surface area (Å²) >= 11 is 0.905. The van der Waals surface area contributed by atoms with Gasteiger partial charge in [-0.1, -0.05) is 23.8 Å². The number of alkyl halides is 3. The van der Waals surface area contributed by atoms with Crippen molar-refractivity contribution in [2.24, 2.45) is 7.05 Å². The van der Waals surface area contributed by atoms with Crippen LogP contribution in [-0.2, 0) is 18.0 Å². The van der Waals surface area contributed by atoms with Crippen molar-refractivity contribution in [3.05, 3.63) is 17.7 Å². The van der Waals surface area contributed by atoms with E-state index in [0.717, 1.165) is 16.3 Å².